The number of para-hydroxylation sites is 1. The molecule has 0 unspecified atom stereocenters. The van der Waals surface area contributed by atoms with E-state index in [1.807, 2.05) is 48.2 Å². The summed E-state index contributed by atoms with van der Waals surface area (Å²) in [6.45, 7) is 5.63. The number of carbonyl (C=O) groups is 1. The summed E-state index contributed by atoms with van der Waals surface area (Å²) in [5.74, 6) is 0.723. The molecule has 1 aliphatic rings. The summed E-state index contributed by atoms with van der Waals surface area (Å²) in [6.07, 6.45) is 0.876. The molecule has 0 radical (unpaired) electrons. The number of halogens is 1. The molecule has 0 saturated carbocycles. The lowest BCUT2D eigenvalue weighted by Crippen LogP contribution is -2.35. The summed E-state index contributed by atoms with van der Waals surface area (Å²) in [5, 5.41) is 10.2. The zero-order valence-electron chi connectivity index (χ0n) is 18.9. The SMILES string of the molecule is Cc1nnc(SCc2c(C(=O)N3CCCN(Cc4ccc(F)cc4)CC3)oc3ccccc23)s1. The molecule has 0 spiro atoms. The van der Waals surface area contributed by atoms with E-state index in [-0.39, 0.29) is 11.7 Å². The average molecular weight is 497 g/mol. The van der Waals surface area contributed by atoms with Crippen molar-refractivity contribution in [2.75, 3.05) is 26.2 Å². The molecule has 3 heterocycles. The molecule has 0 atom stereocenters. The van der Waals surface area contributed by atoms with E-state index in [2.05, 4.69) is 15.1 Å². The predicted molar refractivity (Wildman–Crippen MR) is 133 cm³/mol. The first-order valence-corrected chi connectivity index (χ1v) is 13.1. The van der Waals surface area contributed by atoms with Gasteiger partial charge in [0.05, 0.1) is 0 Å². The van der Waals surface area contributed by atoms with E-state index >= 15 is 0 Å². The highest BCUT2D eigenvalue weighted by Gasteiger charge is 2.27. The third-order valence-electron chi connectivity index (χ3n) is 5.94. The predicted octanol–water partition coefficient (Wildman–Crippen LogP) is 5.37. The Hall–Kier alpha value is -2.75. The van der Waals surface area contributed by atoms with Gasteiger partial charge in [0.2, 0.25) is 0 Å². The quantitative estimate of drug-likeness (QED) is 0.334. The monoisotopic (exact) mass is 496 g/mol. The van der Waals surface area contributed by atoms with E-state index in [0.29, 0.717) is 24.6 Å². The Morgan fingerprint density at radius 3 is 2.71 bits per heavy atom. The zero-order valence-corrected chi connectivity index (χ0v) is 20.5. The number of hydrogen-bond donors (Lipinski definition) is 0. The first kappa shape index (κ1) is 23.0. The number of aromatic nitrogens is 2. The molecule has 0 N–H and O–H groups in total. The first-order valence-electron chi connectivity index (χ1n) is 11.3. The lowest BCUT2D eigenvalue weighted by molar-refractivity contribution is 0.0730. The molecule has 0 aliphatic carbocycles. The molecule has 34 heavy (non-hydrogen) atoms. The summed E-state index contributed by atoms with van der Waals surface area (Å²) < 4.78 is 20.2. The van der Waals surface area contributed by atoms with E-state index in [1.54, 1.807) is 23.1 Å². The minimum Gasteiger partial charge on any atom is -0.451 e. The lowest BCUT2D eigenvalue weighted by atomic mass is 10.1. The summed E-state index contributed by atoms with van der Waals surface area (Å²) in [6, 6.07) is 14.4. The Morgan fingerprint density at radius 1 is 1.09 bits per heavy atom. The molecule has 5 rings (SSSR count). The molecule has 2 aromatic carbocycles. The van der Waals surface area contributed by atoms with E-state index in [9.17, 15) is 9.18 Å². The van der Waals surface area contributed by atoms with Gasteiger partial charge in [0, 0.05) is 49.4 Å². The summed E-state index contributed by atoms with van der Waals surface area (Å²) in [5.41, 5.74) is 2.71. The van der Waals surface area contributed by atoms with Crippen LogP contribution in [-0.4, -0.2) is 52.1 Å². The lowest BCUT2D eigenvalue weighted by Gasteiger charge is -2.21. The fourth-order valence-corrected chi connectivity index (χ4v) is 6.05. The van der Waals surface area contributed by atoms with Crippen LogP contribution in [0.15, 0.2) is 57.3 Å². The highest BCUT2D eigenvalue weighted by atomic mass is 32.2. The number of fused-ring (bicyclic) bond motifs is 1. The number of nitrogens with zero attached hydrogens (tertiary/aromatic N) is 4. The molecule has 4 aromatic rings. The number of rotatable bonds is 6. The van der Waals surface area contributed by atoms with Crippen molar-refractivity contribution < 1.29 is 13.6 Å². The highest BCUT2D eigenvalue weighted by molar-refractivity contribution is 8.00. The van der Waals surface area contributed by atoms with Crippen LogP contribution in [0, 0.1) is 12.7 Å². The number of aryl methyl sites for hydroxylation is 1. The Balaban J connectivity index is 1.31. The van der Waals surface area contributed by atoms with Gasteiger partial charge >= 0.3 is 0 Å². The second-order valence-electron chi connectivity index (χ2n) is 8.33. The Kier molecular flexibility index (Phi) is 6.94. The van der Waals surface area contributed by atoms with Gasteiger partial charge in [0.1, 0.15) is 16.4 Å². The molecule has 2 aromatic heterocycles. The third-order valence-corrected chi connectivity index (χ3v) is 7.93. The van der Waals surface area contributed by atoms with Crippen LogP contribution in [-0.2, 0) is 12.3 Å². The molecular formula is C25H25FN4O2S2. The van der Waals surface area contributed by atoms with Gasteiger partial charge in [0.15, 0.2) is 10.1 Å². The van der Waals surface area contributed by atoms with Crippen molar-refractivity contribution in [3.05, 3.63) is 76.2 Å². The zero-order chi connectivity index (χ0) is 23.5. The maximum Gasteiger partial charge on any atom is 0.289 e. The van der Waals surface area contributed by atoms with E-state index in [0.717, 1.165) is 57.5 Å². The first-order chi connectivity index (χ1) is 16.6. The van der Waals surface area contributed by atoms with E-state index in [4.69, 9.17) is 4.42 Å². The van der Waals surface area contributed by atoms with Gasteiger partial charge in [-0.3, -0.25) is 9.69 Å². The van der Waals surface area contributed by atoms with Gasteiger partial charge in [-0.1, -0.05) is 53.4 Å². The normalized spacial score (nSPS) is 15.1. The minimum absolute atomic E-state index is 0.0659. The molecule has 1 aliphatic heterocycles. The molecule has 6 nitrogen and oxygen atoms in total. The maximum absolute atomic E-state index is 13.6. The highest BCUT2D eigenvalue weighted by Crippen LogP contribution is 2.33. The topological polar surface area (TPSA) is 62.5 Å². The maximum atomic E-state index is 13.6. The summed E-state index contributed by atoms with van der Waals surface area (Å²) in [7, 11) is 0. The molecule has 0 bridgehead atoms. The van der Waals surface area contributed by atoms with Crippen molar-refractivity contribution in [1.82, 2.24) is 20.0 Å². The van der Waals surface area contributed by atoms with Gasteiger partial charge in [-0.2, -0.15) is 0 Å². The van der Waals surface area contributed by atoms with E-state index in [1.165, 1.54) is 12.1 Å². The van der Waals surface area contributed by atoms with Crippen molar-refractivity contribution >= 4 is 40.0 Å². The van der Waals surface area contributed by atoms with Crippen LogP contribution in [0.1, 0.15) is 33.1 Å². The second-order valence-corrected chi connectivity index (χ2v) is 10.7. The second kappa shape index (κ2) is 10.2. The molecule has 1 amide bonds. The van der Waals surface area contributed by atoms with Crippen molar-refractivity contribution in [2.24, 2.45) is 0 Å². The van der Waals surface area contributed by atoms with Crippen LogP contribution >= 0.6 is 23.1 Å². The number of furan rings is 1. The van der Waals surface area contributed by atoms with Gasteiger partial charge in [0.25, 0.3) is 5.91 Å². The van der Waals surface area contributed by atoms with Gasteiger partial charge in [-0.25, -0.2) is 4.39 Å². The molecule has 1 fully saturated rings. The number of amides is 1. The minimum atomic E-state index is -0.225. The van der Waals surface area contributed by atoms with E-state index < -0.39 is 0 Å². The number of hydrogen-bond acceptors (Lipinski definition) is 7. The molecule has 1 saturated heterocycles. The number of carbonyl (C=O) groups excluding carboxylic acids is 1. The van der Waals surface area contributed by atoms with Crippen LogP contribution in [0.5, 0.6) is 0 Å². The fourth-order valence-electron chi connectivity index (χ4n) is 4.21. The number of thioether (sulfide) groups is 1. The Bertz CT molecular complexity index is 1290. The van der Waals surface area contributed by atoms with Crippen LogP contribution in [0.25, 0.3) is 11.0 Å². The molecule has 176 valence electrons. The van der Waals surface area contributed by atoms with Crippen molar-refractivity contribution in [2.45, 2.75) is 30.0 Å². The summed E-state index contributed by atoms with van der Waals surface area (Å²) in [4.78, 5) is 17.8. The standard InChI is InChI=1S/C25H25FN4O2S2/c1-17-27-28-25(34-17)33-16-21-20-5-2-3-6-22(20)32-23(21)24(31)30-12-4-11-29(13-14-30)15-18-7-9-19(26)10-8-18/h2-3,5-10H,4,11-16H2,1H3. The average Bonchev–Trinajstić information content (AvgIpc) is 3.34. The number of benzene rings is 2. The van der Waals surface area contributed by atoms with Crippen molar-refractivity contribution in [3.63, 3.8) is 0 Å². The molecular weight excluding hydrogens is 471 g/mol. The third kappa shape index (κ3) is 5.16. The van der Waals surface area contributed by atoms with Crippen LogP contribution in [0.2, 0.25) is 0 Å². The Labute approximate surface area is 205 Å². The smallest absolute Gasteiger partial charge is 0.289 e. The fraction of sp³-hybridized carbons (Fsp3) is 0.320. The summed E-state index contributed by atoms with van der Waals surface area (Å²) >= 11 is 3.13. The van der Waals surface area contributed by atoms with Gasteiger partial charge < -0.3 is 9.32 Å². The van der Waals surface area contributed by atoms with Crippen molar-refractivity contribution in [3.8, 4) is 0 Å². The van der Waals surface area contributed by atoms with Gasteiger partial charge in [-0.15, -0.1) is 10.2 Å². The van der Waals surface area contributed by atoms with Gasteiger partial charge in [-0.05, 0) is 37.1 Å². The molecule has 9 heteroatoms. The largest absolute Gasteiger partial charge is 0.451 e. The van der Waals surface area contributed by atoms with Crippen LogP contribution in [0.3, 0.4) is 0 Å². The van der Waals surface area contributed by atoms with Crippen LogP contribution in [0.4, 0.5) is 4.39 Å². The van der Waals surface area contributed by atoms with Crippen molar-refractivity contribution in [1.29, 1.82) is 0 Å². The Morgan fingerprint density at radius 2 is 1.91 bits per heavy atom. The van der Waals surface area contributed by atoms with Crippen LogP contribution < -0.4 is 0 Å².